The van der Waals surface area contributed by atoms with Crippen molar-refractivity contribution in [2.75, 3.05) is 0 Å². The van der Waals surface area contributed by atoms with Crippen molar-refractivity contribution in [1.82, 2.24) is 0 Å². The van der Waals surface area contributed by atoms with Crippen molar-refractivity contribution >= 4 is 33.8 Å². The molecule has 0 saturated carbocycles. The summed E-state index contributed by atoms with van der Waals surface area (Å²) in [5.41, 5.74) is 2.33. The maximum Gasteiger partial charge on any atom is 0.172 e. The molecule has 0 bridgehead atoms. The Morgan fingerprint density at radius 3 is 1.29 bits per heavy atom. The van der Waals surface area contributed by atoms with Crippen molar-refractivity contribution in [3.63, 3.8) is 0 Å². The van der Waals surface area contributed by atoms with E-state index in [0.717, 1.165) is 11.4 Å². The van der Waals surface area contributed by atoms with Crippen LogP contribution in [0, 0.1) is 0 Å². The van der Waals surface area contributed by atoms with Crippen molar-refractivity contribution in [3.05, 3.63) is 11.0 Å². The molecule has 0 aromatic carbocycles. The third-order valence-corrected chi connectivity index (χ3v) is 3.85. The molecule has 5 heteroatoms. The first kappa shape index (κ1) is 16.2. The number of hydrogen-bond acceptors (Lipinski definition) is 2. The van der Waals surface area contributed by atoms with Crippen LogP contribution in [0.1, 0.15) is 13.8 Å². The molecule has 0 aliphatic heterocycles. The highest BCUT2D eigenvalue weighted by atomic mass is 28.3. The van der Waals surface area contributed by atoms with Crippen molar-refractivity contribution in [2.24, 2.45) is 9.32 Å². The molecule has 0 amide bonds. The van der Waals surface area contributed by atoms with Gasteiger partial charge in [0.2, 0.25) is 0 Å². The summed E-state index contributed by atoms with van der Waals surface area (Å²) in [6.45, 7) is 16.8. The lowest BCUT2D eigenvalue weighted by atomic mass is 10.1. The third kappa shape index (κ3) is 7.20. The lowest BCUT2D eigenvalue weighted by Crippen LogP contribution is -2.24. The molecule has 0 aliphatic carbocycles. The van der Waals surface area contributed by atoms with Gasteiger partial charge in [0.15, 0.2) is 16.5 Å². The van der Waals surface area contributed by atoms with Gasteiger partial charge in [-0.15, -0.1) is 0 Å². The number of hydrogen-bond donors (Lipinski definition) is 0. The highest BCUT2D eigenvalue weighted by Crippen LogP contribution is 2.10. The predicted molar refractivity (Wildman–Crippen MR) is 84.8 cm³/mol. The van der Waals surface area contributed by atoms with E-state index in [1.165, 1.54) is 0 Å². The number of allylic oxidation sites excluding steroid dienone is 1. The van der Waals surface area contributed by atoms with Crippen molar-refractivity contribution < 1.29 is 0 Å². The molecule has 0 unspecified atom stereocenters. The fraction of sp³-hybridized carbons (Fsp3) is 0.667. The average Bonchev–Trinajstić information content (AvgIpc) is 1.96. The summed E-state index contributed by atoms with van der Waals surface area (Å²) in [5.74, 6) is 2.25. The molecular weight excluding hydrogens is 242 g/mol. The van der Waals surface area contributed by atoms with E-state index in [1.54, 1.807) is 0 Å². The van der Waals surface area contributed by atoms with Crippen molar-refractivity contribution in [1.29, 1.82) is 0 Å². The van der Waals surface area contributed by atoms with Gasteiger partial charge < -0.3 is 14.7 Å². The Morgan fingerprint density at radius 1 is 0.824 bits per heavy atom. The van der Waals surface area contributed by atoms with E-state index in [9.17, 15) is 5.41 Å². The van der Waals surface area contributed by atoms with Gasteiger partial charge in [-0.1, -0.05) is 0 Å². The number of rotatable bonds is 4. The summed E-state index contributed by atoms with van der Waals surface area (Å²) in [7, 11) is -3.06. The molecule has 0 N–H and O–H groups in total. The van der Waals surface area contributed by atoms with Gasteiger partial charge in [-0.3, -0.25) is 5.87 Å². The number of nitrogens with zero attached hydrogens (tertiary/aromatic N) is 3. The molecule has 96 valence electrons. The highest BCUT2D eigenvalue weighted by molar-refractivity contribution is 6.77. The van der Waals surface area contributed by atoms with Crippen LogP contribution in [0.2, 0.25) is 39.3 Å². The molecule has 0 saturated heterocycles. The molecule has 0 heterocycles. The van der Waals surface area contributed by atoms with Gasteiger partial charge in [-0.05, 0) is 53.1 Å². The fourth-order valence-electron chi connectivity index (χ4n) is 1.54. The summed E-state index contributed by atoms with van der Waals surface area (Å²) in [4.78, 5) is 0. The largest absolute Gasteiger partial charge is 0.763 e. The normalized spacial score (nSPS) is 14.6. The fourth-order valence-corrected chi connectivity index (χ4v) is 3.78. The SMILES string of the molecule is C/C(=N\[Si](C)(C)C)C(=C=[N-])/C(C)=N/[Si](C)(C)C. The first-order valence-corrected chi connectivity index (χ1v) is 12.8. The second kappa shape index (κ2) is 5.71. The topological polar surface area (TPSA) is 47.0 Å². The highest BCUT2D eigenvalue weighted by Gasteiger charge is 2.16. The van der Waals surface area contributed by atoms with Gasteiger partial charge in [0.25, 0.3) is 0 Å². The van der Waals surface area contributed by atoms with E-state index in [-0.39, 0.29) is 0 Å². The van der Waals surface area contributed by atoms with Gasteiger partial charge in [0.1, 0.15) is 0 Å². The Hall–Kier alpha value is -0.776. The summed E-state index contributed by atoms with van der Waals surface area (Å²) >= 11 is 0. The Balaban J connectivity index is 5.36. The standard InChI is InChI=1S/C12H24N3Si2/c1-10(14-16(3,4)5)12(9-13)11(2)15-17(6,7)8/h1-8H3/q-1/b14-10+,15-11+. The molecule has 0 aliphatic rings. The molecule has 0 spiro atoms. The van der Waals surface area contributed by atoms with Crippen molar-refractivity contribution in [3.8, 4) is 0 Å². The molecule has 0 aromatic rings. The zero-order valence-electron chi connectivity index (χ0n) is 12.3. The van der Waals surface area contributed by atoms with Crippen LogP contribution in [-0.2, 0) is 0 Å². The summed E-state index contributed by atoms with van der Waals surface area (Å²) in [5, 5.41) is 9.24. The Morgan fingerprint density at radius 2 is 1.12 bits per heavy atom. The zero-order chi connectivity index (χ0) is 13.9. The van der Waals surface area contributed by atoms with Gasteiger partial charge in [-0.2, -0.15) is 0 Å². The van der Waals surface area contributed by atoms with Crippen LogP contribution in [0.5, 0.6) is 0 Å². The average molecular weight is 267 g/mol. The third-order valence-electron chi connectivity index (χ3n) is 1.84. The second-order valence-electron chi connectivity index (χ2n) is 6.22. The smallest absolute Gasteiger partial charge is 0.172 e. The van der Waals surface area contributed by atoms with Crippen LogP contribution in [-0.4, -0.2) is 33.8 Å². The lowest BCUT2D eigenvalue weighted by molar-refractivity contribution is 1.51. The molecule has 0 fully saturated rings. The predicted octanol–water partition coefficient (Wildman–Crippen LogP) is 3.74. The lowest BCUT2D eigenvalue weighted by Gasteiger charge is -2.16. The summed E-state index contributed by atoms with van der Waals surface area (Å²) < 4.78 is 9.32. The molecule has 0 radical (unpaired) electrons. The minimum Gasteiger partial charge on any atom is -0.763 e. The summed E-state index contributed by atoms with van der Waals surface area (Å²) in [6.07, 6.45) is 0. The minimum absolute atomic E-state index is 0.648. The molecule has 0 rings (SSSR count). The van der Waals surface area contributed by atoms with E-state index >= 15 is 0 Å². The van der Waals surface area contributed by atoms with Crippen LogP contribution >= 0.6 is 0 Å². The van der Waals surface area contributed by atoms with E-state index < -0.39 is 16.5 Å². The van der Waals surface area contributed by atoms with Crippen LogP contribution in [0.25, 0.3) is 5.41 Å². The van der Waals surface area contributed by atoms with E-state index in [0.29, 0.717) is 5.57 Å². The van der Waals surface area contributed by atoms with E-state index in [1.807, 2.05) is 13.8 Å². The van der Waals surface area contributed by atoms with Gasteiger partial charge in [0.05, 0.1) is 0 Å². The maximum absolute atomic E-state index is 9.24. The summed E-state index contributed by atoms with van der Waals surface area (Å²) in [6, 6.07) is 0. The zero-order valence-corrected chi connectivity index (χ0v) is 14.3. The molecule has 3 nitrogen and oxygen atoms in total. The van der Waals surface area contributed by atoms with E-state index in [2.05, 4.69) is 54.5 Å². The molecule has 17 heavy (non-hydrogen) atoms. The monoisotopic (exact) mass is 266 g/mol. The first-order chi connectivity index (χ1) is 7.46. The Kier molecular flexibility index (Phi) is 5.45. The van der Waals surface area contributed by atoms with Crippen LogP contribution < -0.4 is 0 Å². The van der Waals surface area contributed by atoms with Crippen LogP contribution in [0.15, 0.2) is 14.9 Å². The Bertz CT molecular complexity index is 357. The van der Waals surface area contributed by atoms with Crippen molar-refractivity contribution in [2.45, 2.75) is 53.1 Å². The molecule has 0 aromatic heterocycles. The van der Waals surface area contributed by atoms with Crippen LogP contribution in [0.3, 0.4) is 0 Å². The van der Waals surface area contributed by atoms with Crippen LogP contribution in [0.4, 0.5) is 0 Å². The van der Waals surface area contributed by atoms with Gasteiger partial charge >= 0.3 is 0 Å². The quantitative estimate of drug-likeness (QED) is 0.550. The minimum atomic E-state index is -1.53. The van der Waals surface area contributed by atoms with E-state index in [4.69, 9.17) is 0 Å². The second-order valence-corrected chi connectivity index (χ2v) is 15.4. The maximum atomic E-state index is 9.24. The van der Waals surface area contributed by atoms with Gasteiger partial charge in [0, 0.05) is 17.0 Å². The first-order valence-electron chi connectivity index (χ1n) is 5.87. The van der Waals surface area contributed by atoms with Gasteiger partial charge in [-0.25, -0.2) is 0 Å². The molecule has 0 atom stereocenters. The molecular formula is C12H24N3Si2-. The Labute approximate surface area is 107 Å².